The highest BCUT2D eigenvalue weighted by molar-refractivity contribution is 5.87. The second kappa shape index (κ2) is 4.88. The largest absolute Gasteiger partial charge is 0.481 e. The molecule has 0 aromatic heterocycles. The number of carboxylic acids is 1. The highest BCUT2D eigenvalue weighted by Crippen LogP contribution is 2.31. The van der Waals surface area contributed by atoms with Crippen molar-refractivity contribution in [2.75, 3.05) is 13.1 Å². The van der Waals surface area contributed by atoms with Crippen molar-refractivity contribution in [1.29, 1.82) is 0 Å². The lowest BCUT2D eigenvalue weighted by atomic mass is 9.81. The molecule has 102 valence electrons. The maximum atomic E-state index is 12.4. The average molecular weight is 254 g/mol. The zero-order chi connectivity index (χ0) is 13.3. The fraction of sp³-hybridized carbons (Fsp3) is 0.846. The van der Waals surface area contributed by atoms with Gasteiger partial charge in [-0.15, -0.1) is 0 Å². The number of aliphatic carboxylic acids is 1. The van der Waals surface area contributed by atoms with E-state index in [9.17, 15) is 9.59 Å². The fourth-order valence-corrected chi connectivity index (χ4v) is 3.17. The Morgan fingerprint density at radius 3 is 2.33 bits per heavy atom. The molecule has 2 fully saturated rings. The minimum atomic E-state index is -0.812. The van der Waals surface area contributed by atoms with E-state index in [0.717, 1.165) is 32.1 Å². The summed E-state index contributed by atoms with van der Waals surface area (Å²) in [4.78, 5) is 25.2. The van der Waals surface area contributed by atoms with Crippen LogP contribution in [0.25, 0.3) is 0 Å². The summed E-state index contributed by atoms with van der Waals surface area (Å²) in [7, 11) is 0. The third-order valence-corrected chi connectivity index (χ3v) is 4.39. The van der Waals surface area contributed by atoms with Crippen LogP contribution in [0.3, 0.4) is 0 Å². The first-order chi connectivity index (χ1) is 8.44. The smallest absolute Gasteiger partial charge is 0.308 e. The quantitative estimate of drug-likeness (QED) is 0.764. The number of likely N-dealkylation sites (tertiary alicyclic amines) is 1. The lowest BCUT2D eigenvalue weighted by Crippen LogP contribution is -2.55. The summed E-state index contributed by atoms with van der Waals surface area (Å²) in [6.07, 6.45) is 4.59. The van der Waals surface area contributed by atoms with E-state index in [4.69, 9.17) is 10.8 Å². The predicted molar refractivity (Wildman–Crippen MR) is 66.9 cm³/mol. The highest BCUT2D eigenvalue weighted by atomic mass is 16.4. The van der Waals surface area contributed by atoms with Crippen molar-refractivity contribution in [3.63, 3.8) is 0 Å². The summed E-state index contributed by atoms with van der Waals surface area (Å²) >= 11 is 0. The van der Waals surface area contributed by atoms with Gasteiger partial charge in [-0.05, 0) is 18.8 Å². The molecule has 0 unspecified atom stereocenters. The van der Waals surface area contributed by atoms with Gasteiger partial charge in [-0.1, -0.05) is 26.2 Å². The van der Waals surface area contributed by atoms with Crippen LogP contribution in [0.4, 0.5) is 0 Å². The average Bonchev–Trinajstić information content (AvgIpc) is 2.71. The number of hydrogen-bond acceptors (Lipinski definition) is 3. The number of rotatable bonds is 2. The Morgan fingerprint density at radius 2 is 1.83 bits per heavy atom. The van der Waals surface area contributed by atoms with Crippen LogP contribution in [0, 0.1) is 11.8 Å². The number of amides is 1. The Morgan fingerprint density at radius 1 is 1.22 bits per heavy atom. The number of carbonyl (C=O) groups is 2. The normalized spacial score (nSPS) is 31.3. The fourth-order valence-electron chi connectivity index (χ4n) is 3.17. The molecule has 1 aliphatic carbocycles. The van der Waals surface area contributed by atoms with Crippen LogP contribution in [-0.4, -0.2) is 40.5 Å². The Hall–Kier alpha value is -1.10. The van der Waals surface area contributed by atoms with Gasteiger partial charge in [-0.2, -0.15) is 0 Å². The molecule has 3 N–H and O–H groups in total. The molecule has 0 radical (unpaired) electrons. The van der Waals surface area contributed by atoms with Gasteiger partial charge in [0.25, 0.3) is 0 Å². The molecule has 1 saturated carbocycles. The zero-order valence-corrected chi connectivity index (χ0v) is 10.9. The maximum absolute atomic E-state index is 12.4. The third-order valence-electron chi connectivity index (χ3n) is 4.39. The Bertz CT molecular complexity index is 350. The van der Waals surface area contributed by atoms with Crippen molar-refractivity contribution in [3.05, 3.63) is 0 Å². The van der Waals surface area contributed by atoms with E-state index >= 15 is 0 Å². The van der Waals surface area contributed by atoms with Gasteiger partial charge in [0.1, 0.15) is 0 Å². The molecule has 2 aliphatic rings. The Labute approximate surface area is 107 Å². The molecule has 2 rings (SSSR count). The van der Waals surface area contributed by atoms with Crippen LogP contribution in [-0.2, 0) is 9.59 Å². The summed E-state index contributed by atoms with van der Waals surface area (Å²) in [5.41, 5.74) is 5.47. The minimum absolute atomic E-state index is 0.0126. The summed E-state index contributed by atoms with van der Waals surface area (Å²) in [6.45, 7) is 2.72. The van der Waals surface area contributed by atoms with Crippen molar-refractivity contribution >= 4 is 11.9 Å². The molecular weight excluding hydrogens is 232 g/mol. The molecule has 5 nitrogen and oxygen atoms in total. The van der Waals surface area contributed by atoms with E-state index in [1.165, 1.54) is 0 Å². The SMILES string of the molecule is C[C@@H]1CN(C(=O)C2(N)CCCCC2)C[C@H]1C(=O)O. The van der Waals surface area contributed by atoms with Crippen molar-refractivity contribution < 1.29 is 14.7 Å². The van der Waals surface area contributed by atoms with Gasteiger partial charge in [0.05, 0.1) is 11.5 Å². The zero-order valence-electron chi connectivity index (χ0n) is 10.9. The van der Waals surface area contributed by atoms with Crippen molar-refractivity contribution in [3.8, 4) is 0 Å². The molecule has 2 atom stereocenters. The van der Waals surface area contributed by atoms with Gasteiger partial charge < -0.3 is 15.7 Å². The summed E-state index contributed by atoms with van der Waals surface area (Å²) in [5.74, 6) is -1.29. The second-order valence-corrected chi connectivity index (χ2v) is 5.85. The van der Waals surface area contributed by atoms with Gasteiger partial charge in [-0.25, -0.2) is 0 Å². The molecule has 1 heterocycles. The highest BCUT2D eigenvalue weighted by Gasteiger charge is 2.44. The van der Waals surface area contributed by atoms with Gasteiger partial charge >= 0.3 is 5.97 Å². The third kappa shape index (κ3) is 2.36. The van der Waals surface area contributed by atoms with E-state index < -0.39 is 17.4 Å². The van der Waals surface area contributed by atoms with Gasteiger partial charge in [0.15, 0.2) is 0 Å². The molecular formula is C13H22N2O3. The van der Waals surface area contributed by atoms with Crippen LogP contribution < -0.4 is 5.73 Å². The van der Waals surface area contributed by atoms with Crippen LogP contribution in [0.1, 0.15) is 39.0 Å². The number of hydrogen-bond donors (Lipinski definition) is 2. The van der Waals surface area contributed by atoms with Crippen LogP contribution in [0.15, 0.2) is 0 Å². The molecule has 0 aromatic carbocycles. The van der Waals surface area contributed by atoms with E-state index in [1.807, 2.05) is 6.92 Å². The standard InChI is InChI=1S/C13H22N2O3/c1-9-7-15(8-10(9)11(16)17)12(18)13(14)5-3-2-4-6-13/h9-10H,2-8,14H2,1H3,(H,16,17)/t9-,10-/m1/s1. The van der Waals surface area contributed by atoms with Crippen LogP contribution in [0.2, 0.25) is 0 Å². The van der Waals surface area contributed by atoms with Gasteiger partial charge in [0, 0.05) is 13.1 Å². The molecule has 1 amide bonds. The van der Waals surface area contributed by atoms with Crippen molar-refractivity contribution in [1.82, 2.24) is 4.90 Å². The summed E-state index contributed by atoms with van der Waals surface area (Å²) in [5, 5.41) is 9.09. The molecule has 0 aromatic rings. The predicted octanol–water partition coefficient (Wildman–Crippen LogP) is 0.827. The number of nitrogens with zero attached hydrogens (tertiary/aromatic N) is 1. The number of carboxylic acid groups (broad SMARTS) is 1. The molecule has 0 bridgehead atoms. The molecule has 1 aliphatic heterocycles. The molecule has 5 heteroatoms. The van der Waals surface area contributed by atoms with Crippen molar-refractivity contribution in [2.24, 2.45) is 17.6 Å². The molecule has 18 heavy (non-hydrogen) atoms. The minimum Gasteiger partial charge on any atom is -0.481 e. The Balaban J connectivity index is 2.04. The van der Waals surface area contributed by atoms with E-state index in [2.05, 4.69) is 0 Å². The number of nitrogens with two attached hydrogens (primary N) is 1. The Kier molecular flexibility index (Phi) is 3.61. The molecule has 0 spiro atoms. The monoisotopic (exact) mass is 254 g/mol. The van der Waals surface area contributed by atoms with Gasteiger partial charge in [0.2, 0.25) is 5.91 Å². The lowest BCUT2D eigenvalue weighted by Gasteiger charge is -2.35. The molecule has 1 saturated heterocycles. The first-order valence-corrected chi connectivity index (χ1v) is 6.75. The summed E-state index contributed by atoms with van der Waals surface area (Å²) in [6, 6.07) is 0. The van der Waals surface area contributed by atoms with Gasteiger partial charge in [-0.3, -0.25) is 9.59 Å². The first-order valence-electron chi connectivity index (χ1n) is 6.75. The first kappa shape index (κ1) is 13.3. The van der Waals surface area contributed by atoms with E-state index in [1.54, 1.807) is 4.90 Å². The van der Waals surface area contributed by atoms with Crippen molar-refractivity contribution in [2.45, 2.75) is 44.6 Å². The topological polar surface area (TPSA) is 83.6 Å². The lowest BCUT2D eigenvalue weighted by molar-refractivity contribution is -0.142. The van der Waals surface area contributed by atoms with Crippen LogP contribution >= 0.6 is 0 Å². The number of carbonyl (C=O) groups excluding carboxylic acids is 1. The second-order valence-electron chi connectivity index (χ2n) is 5.85. The van der Waals surface area contributed by atoms with E-state index in [-0.39, 0.29) is 11.8 Å². The summed E-state index contributed by atoms with van der Waals surface area (Å²) < 4.78 is 0. The van der Waals surface area contributed by atoms with Crippen LogP contribution in [0.5, 0.6) is 0 Å². The van der Waals surface area contributed by atoms with E-state index in [0.29, 0.717) is 13.1 Å². The maximum Gasteiger partial charge on any atom is 0.308 e.